The molecule has 2 rings (SSSR count). The van der Waals surface area contributed by atoms with E-state index >= 15 is 0 Å². The normalized spacial score (nSPS) is 23.3. The van der Waals surface area contributed by atoms with Crippen molar-refractivity contribution in [3.05, 3.63) is 30.1 Å². The van der Waals surface area contributed by atoms with E-state index in [2.05, 4.69) is 10.3 Å². The Kier molecular flexibility index (Phi) is 3.27. The lowest BCUT2D eigenvalue weighted by molar-refractivity contribution is -0.131. The van der Waals surface area contributed by atoms with Crippen LogP contribution in [0, 0.1) is 0 Å². The molecule has 1 aromatic rings. The summed E-state index contributed by atoms with van der Waals surface area (Å²) < 4.78 is 12.1. The van der Waals surface area contributed by atoms with Crippen LogP contribution in [0.4, 0.5) is 9.18 Å². The lowest BCUT2D eigenvalue weighted by Gasteiger charge is -2.20. The summed E-state index contributed by atoms with van der Waals surface area (Å²) >= 11 is 0. The number of nitrogens with one attached hydrogen (secondary N) is 1. The summed E-state index contributed by atoms with van der Waals surface area (Å²) in [6.45, 7) is 1.13. The standard InChI is InChI=1S/C12H14FN3O2/c1-12(9-5-2-3-7-14-9)10(17)16(8-4-6-13)11(18)15-12/h2-3,5,7H,4,6,8H2,1H3,(H,15,18). The summed E-state index contributed by atoms with van der Waals surface area (Å²) in [6, 6.07) is 4.66. The highest BCUT2D eigenvalue weighted by molar-refractivity contribution is 6.06. The Hall–Kier alpha value is -1.98. The van der Waals surface area contributed by atoms with Crippen molar-refractivity contribution >= 4 is 11.9 Å². The number of pyridine rings is 1. The van der Waals surface area contributed by atoms with Crippen molar-refractivity contribution < 1.29 is 14.0 Å². The van der Waals surface area contributed by atoms with Gasteiger partial charge < -0.3 is 5.32 Å². The van der Waals surface area contributed by atoms with Crippen LogP contribution >= 0.6 is 0 Å². The molecule has 1 unspecified atom stereocenters. The fraction of sp³-hybridized carbons (Fsp3) is 0.417. The minimum atomic E-state index is -1.16. The predicted molar refractivity (Wildman–Crippen MR) is 62.4 cm³/mol. The molecule has 2 heterocycles. The predicted octanol–water partition coefficient (Wildman–Crippen LogP) is 1.21. The maximum Gasteiger partial charge on any atom is 0.325 e. The SMILES string of the molecule is CC1(c2ccccn2)NC(=O)N(CCCF)C1=O. The van der Waals surface area contributed by atoms with Crippen molar-refractivity contribution in [2.75, 3.05) is 13.2 Å². The number of urea groups is 1. The molecule has 1 aliphatic rings. The highest BCUT2D eigenvalue weighted by atomic mass is 19.1. The summed E-state index contributed by atoms with van der Waals surface area (Å²) in [5.41, 5.74) is -0.680. The van der Waals surface area contributed by atoms with Gasteiger partial charge in [-0.15, -0.1) is 0 Å². The number of hydrogen-bond acceptors (Lipinski definition) is 3. The zero-order valence-corrected chi connectivity index (χ0v) is 10.0. The van der Waals surface area contributed by atoms with E-state index in [9.17, 15) is 14.0 Å². The number of hydrogen-bond donors (Lipinski definition) is 1. The first-order chi connectivity index (χ1) is 8.59. The van der Waals surface area contributed by atoms with Gasteiger partial charge in [0.1, 0.15) is 0 Å². The van der Waals surface area contributed by atoms with Crippen molar-refractivity contribution in [2.24, 2.45) is 0 Å². The summed E-state index contributed by atoms with van der Waals surface area (Å²) in [5.74, 6) is -0.389. The Balaban J connectivity index is 2.26. The van der Waals surface area contributed by atoms with Gasteiger partial charge in [0.05, 0.1) is 12.4 Å². The molecule has 1 atom stereocenters. The third-order valence-electron chi connectivity index (χ3n) is 2.97. The van der Waals surface area contributed by atoms with Gasteiger partial charge in [-0.3, -0.25) is 19.1 Å². The molecule has 5 nitrogen and oxygen atoms in total. The first-order valence-corrected chi connectivity index (χ1v) is 5.71. The van der Waals surface area contributed by atoms with Crippen molar-refractivity contribution in [3.8, 4) is 0 Å². The maximum absolute atomic E-state index is 12.2. The fourth-order valence-electron chi connectivity index (χ4n) is 1.95. The average Bonchev–Trinajstić information content (AvgIpc) is 2.60. The molecule has 0 radical (unpaired) electrons. The third-order valence-corrected chi connectivity index (χ3v) is 2.97. The molecule has 0 bridgehead atoms. The molecule has 0 saturated carbocycles. The Morgan fingerprint density at radius 1 is 1.44 bits per heavy atom. The van der Waals surface area contributed by atoms with Crippen molar-refractivity contribution in [1.82, 2.24) is 15.2 Å². The third kappa shape index (κ3) is 1.94. The molecular weight excluding hydrogens is 237 g/mol. The quantitative estimate of drug-likeness (QED) is 0.818. The number of nitrogens with zero attached hydrogens (tertiary/aromatic N) is 2. The monoisotopic (exact) mass is 251 g/mol. The number of aromatic nitrogens is 1. The molecule has 0 aromatic carbocycles. The molecule has 6 heteroatoms. The first kappa shape index (κ1) is 12.5. The molecular formula is C12H14FN3O2. The topological polar surface area (TPSA) is 62.3 Å². The van der Waals surface area contributed by atoms with Crippen LogP contribution in [0.25, 0.3) is 0 Å². The zero-order valence-electron chi connectivity index (χ0n) is 10.0. The van der Waals surface area contributed by atoms with Crippen molar-refractivity contribution in [2.45, 2.75) is 18.9 Å². The van der Waals surface area contributed by atoms with Crippen LogP contribution < -0.4 is 5.32 Å². The van der Waals surface area contributed by atoms with Crippen LogP contribution in [-0.4, -0.2) is 35.0 Å². The van der Waals surface area contributed by atoms with E-state index in [1.54, 1.807) is 31.3 Å². The summed E-state index contributed by atoms with van der Waals surface area (Å²) in [7, 11) is 0. The van der Waals surface area contributed by atoms with Gasteiger partial charge in [0.15, 0.2) is 5.54 Å². The van der Waals surface area contributed by atoms with E-state index in [-0.39, 0.29) is 18.9 Å². The lowest BCUT2D eigenvalue weighted by atomic mass is 9.97. The molecule has 0 aliphatic carbocycles. The summed E-state index contributed by atoms with van der Waals surface area (Å²) in [4.78, 5) is 29.1. The van der Waals surface area contributed by atoms with Gasteiger partial charge in [0.2, 0.25) is 0 Å². The summed E-state index contributed by atoms with van der Waals surface area (Å²) in [5, 5.41) is 2.61. The van der Waals surface area contributed by atoms with Crippen LogP contribution in [0.1, 0.15) is 19.0 Å². The largest absolute Gasteiger partial charge is 0.325 e. The van der Waals surface area contributed by atoms with Gasteiger partial charge in [0, 0.05) is 12.7 Å². The zero-order chi connectivity index (χ0) is 13.2. The second-order valence-electron chi connectivity index (χ2n) is 4.27. The number of carbonyl (C=O) groups is 2. The Bertz CT molecular complexity index is 466. The Morgan fingerprint density at radius 2 is 2.22 bits per heavy atom. The first-order valence-electron chi connectivity index (χ1n) is 5.71. The van der Waals surface area contributed by atoms with Crippen LogP contribution in [-0.2, 0) is 10.3 Å². The van der Waals surface area contributed by atoms with Gasteiger partial charge in [-0.25, -0.2) is 4.79 Å². The highest BCUT2D eigenvalue weighted by Crippen LogP contribution is 2.27. The average molecular weight is 251 g/mol. The molecule has 96 valence electrons. The maximum atomic E-state index is 12.2. The molecule has 1 aromatic heterocycles. The second kappa shape index (κ2) is 4.72. The van der Waals surface area contributed by atoms with E-state index in [0.29, 0.717) is 5.69 Å². The van der Waals surface area contributed by atoms with E-state index in [1.165, 1.54) is 0 Å². The minimum absolute atomic E-state index is 0.0869. The van der Waals surface area contributed by atoms with Crippen LogP contribution in [0.3, 0.4) is 0 Å². The van der Waals surface area contributed by atoms with Gasteiger partial charge in [0.25, 0.3) is 5.91 Å². The Labute approximate surface area is 104 Å². The van der Waals surface area contributed by atoms with E-state index in [4.69, 9.17) is 0 Å². The second-order valence-corrected chi connectivity index (χ2v) is 4.27. The minimum Gasteiger partial charge on any atom is -0.318 e. The summed E-state index contributed by atoms with van der Waals surface area (Å²) in [6.07, 6.45) is 1.71. The van der Waals surface area contributed by atoms with Crippen molar-refractivity contribution in [1.29, 1.82) is 0 Å². The number of amides is 3. The molecule has 1 N–H and O–H groups in total. The molecule has 0 spiro atoms. The Morgan fingerprint density at radius 3 is 2.83 bits per heavy atom. The smallest absolute Gasteiger partial charge is 0.318 e. The highest BCUT2D eigenvalue weighted by Gasteiger charge is 2.49. The molecule has 18 heavy (non-hydrogen) atoms. The number of rotatable bonds is 4. The molecule has 1 fully saturated rings. The van der Waals surface area contributed by atoms with Crippen LogP contribution in [0.5, 0.6) is 0 Å². The fourth-order valence-corrected chi connectivity index (χ4v) is 1.95. The van der Waals surface area contributed by atoms with Crippen LogP contribution in [0.2, 0.25) is 0 Å². The molecule has 3 amide bonds. The number of imide groups is 1. The van der Waals surface area contributed by atoms with Gasteiger partial charge in [-0.05, 0) is 25.5 Å². The van der Waals surface area contributed by atoms with Crippen LogP contribution in [0.15, 0.2) is 24.4 Å². The molecule has 1 saturated heterocycles. The number of halogens is 1. The van der Waals surface area contributed by atoms with E-state index in [1.807, 2.05) is 0 Å². The number of carbonyl (C=O) groups excluding carboxylic acids is 2. The van der Waals surface area contributed by atoms with Gasteiger partial charge >= 0.3 is 6.03 Å². The van der Waals surface area contributed by atoms with Crippen molar-refractivity contribution in [3.63, 3.8) is 0 Å². The molecule has 1 aliphatic heterocycles. The number of alkyl halides is 1. The lowest BCUT2D eigenvalue weighted by Crippen LogP contribution is -2.41. The van der Waals surface area contributed by atoms with Gasteiger partial charge in [-0.1, -0.05) is 6.07 Å². The van der Waals surface area contributed by atoms with E-state index < -0.39 is 18.2 Å². The van der Waals surface area contributed by atoms with E-state index in [0.717, 1.165) is 4.90 Å². The van der Waals surface area contributed by atoms with Gasteiger partial charge in [-0.2, -0.15) is 0 Å².